The molecule has 0 unspecified atom stereocenters. The number of likely N-dealkylation sites (N-methyl/N-ethyl adjacent to an activating group) is 1. The van der Waals surface area contributed by atoms with Crippen LogP contribution in [0.25, 0.3) is 0 Å². The van der Waals surface area contributed by atoms with Crippen LogP contribution in [0.4, 0.5) is 5.69 Å². The van der Waals surface area contributed by atoms with Gasteiger partial charge in [0.25, 0.3) is 10.0 Å². The highest BCUT2D eigenvalue weighted by atomic mass is 32.2. The Kier molecular flexibility index (Phi) is 8.67. The van der Waals surface area contributed by atoms with Gasteiger partial charge in [0.15, 0.2) is 0 Å². The van der Waals surface area contributed by atoms with Crippen LogP contribution in [-0.2, 0) is 21.2 Å². The maximum Gasteiger partial charge on any atom is 0.264 e. The Morgan fingerprint density at radius 2 is 1.66 bits per heavy atom. The zero-order valence-electron chi connectivity index (χ0n) is 19.0. The Morgan fingerprint density at radius 1 is 1.00 bits per heavy atom. The summed E-state index contributed by atoms with van der Waals surface area (Å²) in [7, 11) is -1.73. The molecule has 0 spiro atoms. The minimum absolute atomic E-state index is 0.169. The maximum absolute atomic E-state index is 13.3. The standard InChI is InChI=1S/C24H34N4O3S/c1-3-21-10-12-22(13-11-21)28(32(30,31)23-8-5-4-6-9-23)20-24(29)25-14-7-15-27-18-16-26(2)17-19-27/h4-6,8-13H,3,7,14-20H2,1-2H3,(H,25,29). The second-order valence-electron chi connectivity index (χ2n) is 8.19. The average Bonchev–Trinajstić information content (AvgIpc) is 2.82. The number of amides is 1. The van der Waals surface area contributed by atoms with Crippen LogP contribution in [0.2, 0.25) is 0 Å². The molecule has 0 bridgehead atoms. The second kappa shape index (κ2) is 11.4. The number of hydrogen-bond donors (Lipinski definition) is 1. The quantitative estimate of drug-likeness (QED) is 0.553. The van der Waals surface area contributed by atoms with E-state index in [9.17, 15) is 13.2 Å². The lowest BCUT2D eigenvalue weighted by atomic mass is 10.1. The molecule has 0 atom stereocenters. The molecule has 0 saturated carbocycles. The van der Waals surface area contributed by atoms with Crippen molar-refractivity contribution in [3.63, 3.8) is 0 Å². The van der Waals surface area contributed by atoms with Gasteiger partial charge in [-0.15, -0.1) is 0 Å². The summed E-state index contributed by atoms with van der Waals surface area (Å²) < 4.78 is 27.8. The first-order valence-corrected chi connectivity index (χ1v) is 12.7. The summed E-state index contributed by atoms with van der Waals surface area (Å²) in [6, 6.07) is 15.6. The Labute approximate surface area is 192 Å². The largest absolute Gasteiger partial charge is 0.354 e. The Morgan fingerprint density at radius 3 is 2.28 bits per heavy atom. The van der Waals surface area contributed by atoms with Crippen LogP contribution >= 0.6 is 0 Å². The first-order chi connectivity index (χ1) is 15.4. The number of nitrogens with zero attached hydrogens (tertiary/aromatic N) is 3. The molecule has 3 rings (SSSR count). The minimum atomic E-state index is -3.86. The van der Waals surface area contributed by atoms with Crippen molar-refractivity contribution >= 4 is 21.6 Å². The summed E-state index contributed by atoms with van der Waals surface area (Å²) in [5.74, 6) is -0.303. The zero-order chi connectivity index (χ0) is 23.0. The summed E-state index contributed by atoms with van der Waals surface area (Å²) in [4.78, 5) is 17.6. The number of piperazine rings is 1. The van der Waals surface area contributed by atoms with Gasteiger partial charge in [0.2, 0.25) is 5.91 Å². The number of aryl methyl sites for hydroxylation is 1. The lowest BCUT2D eigenvalue weighted by molar-refractivity contribution is -0.119. The van der Waals surface area contributed by atoms with Gasteiger partial charge in [0.1, 0.15) is 6.54 Å². The highest BCUT2D eigenvalue weighted by Gasteiger charge is 2.27. The van der Waals surface area contributed by atoms with Gasteiger partial charge in [-0.1, -0.05) is 37.3 Å². The highest BCUT2D eigenvalue weighted by molar-refractivity contribution is 7.92. The van der Waals surface area contributed by atoms with Crippen LogP contribution in [0.5, 0.6) is 0 Å². The van der Waals surface area contributed by atoms with Crippen molar-refractivity contribution in [2.45, 2.75) is 24.7 Å². The van der Waals surface area contributed by atoms with Gasteiger partial charge in [-0.3, -0.25) is 9.10 Å². The highest BCUT2D eigenvalue weighted by Crippen LogP contribution is 2.24. The third-order valence-corrected chi connectivity index (χ3v) is 7.61. The number of anilines is 1. The summed E-state index contributed by atoms with van der Waals surface area (Å²) in [6.45, 7) is 7.46. The lowest BCUT2D eigenvalue weighted by Gasteiger charge is -2.32. The molecule has 174 valence electrons. The lowest BCUT2D eigenvalue weighted by Crippen LogP contribution is -2.45. The zero-order valence-corrected chi connectivity index (χ0v) is 19.9. The molecule has 1 N–H and O–H groups in total. The molecule has 32 heavy (non-hydrogen) atoms. The van der Waals surface area contributed by atoms with E-state index in [0.29, 0.717) is 12.2 Å². The van der Waals surface area contributed by atoms with E-state index in [1.54, 1.807) is 42.5 Å². The number of sulfonamides is 1. The van der Waals surface area contributed by atoms with Crippen molar-refractivity contribution in [2.75, 3.05) is 57.2 Å². The van der Waals surface area contributed by atoms with Crippen molar-refractivity contribution in [2.24, 2.45) is 0 Å². The Bertz CT molecular complexity index is 956. The molecule has 1 fully saturated rings. The van der Waals surface area contributed by atoms with Crippen molar-refractivity contribution in [3.05, 3.63) is 60.2 Å². The number of nitrogens with one attached hydrogen (secondary N) is 1. The van der Waals surface area contributed by atoms with Crippen molar-refractivity contribution < 1.29 is 13.2 Å². The van der Waals surface area contributed by atoms with Crippen molar-refractivity contribution in [1.82, 2.24) is 15.1 Å². The van der Waals surface area contributed by atoms with Crippen LogP contribution in [0.3, 0.4) is 0 Å². The average molecular weight is 459 g/mol. The van der Waals surface area contributed by atoms with Gasteiger partial charge < -0.3 is 15.1 Å². The number of carbonyl (C=O) groups is 1. The smallest absolute Gasteiger partial charge is 0.264 e. The molecule has 1 heterocycles. The van der Waals surface area contributed by atoms with Crippen LogP contribution in [-0.4, -0.2) is 77.0 Å². The molecule has 0 aliphatic carbocycles. The topological polar surface area (TPSA) is 73.0 Å². The third kappa shape index (κ3) is 6.54. The Balaban J connectivity index is 1.63. The molecular weight excluding hydrogens is 424 g/mol. The second-order valence-corrected chi connectivity index (χ2v) is 10.1. The molecule has 2 aromatic rings. The van der Waals surface area contributed by atoms with E-state index < -0.39 is 10.0 Å². The molecule has 8 heteroatoms. The predicted octanol–water partition coefficient (Wildman–Crippen LogP) is 2.20. The fourth-order valence-electron chi connectivity index (χ4n) is 3.72. The van der Waals surface area contributed by atoms with Gasteiger partial charge in [-0.25, -0.2) is 8.42 Å². The van der Waals surface area contributed by atoms with Crippen LogP contribution in [0.15, 0.2) is 59.5 Å². The fraction of sp³-hybridized carbons (Fsp3) is 0.458. The molecule has 0 radical (unpaired) electrons. The van der Waals surface area contributed by atoms with E-state index in [2.05, 4.69) is 22.2 Å². The van der Waals surface area contributed by atoms with E-state index in [1.807, 2.05) is 19.1 Å². The SMILES string of the molecule is CCc1ccc(N(CC(=O)NCCCN2CCN(C)CC2)S(=O)(=O)c2ccccc2)cc1. The van der Waals surface area contributed by atoms with Crippen LogP contribution in [0.1, 0.15) is 18.9 Å². The van der Waals surface area contributed by atoms with E-state index in [0.717, 1.165) is 51.1 Å². The minimum Gasteiger partial charge on any atom is -0.354 e. The Hall–Kier alpha value is -2.42. The van der Waals surface area contributed by atoms with Crippen LogP contribution < -0.4 is 9.62 Å². The number of rotatable bonds is 10. The summed E-state index contributed by atoms with van der Waals surface area (Å²) >= 11 is 0. The molecule has 2 aromatic carbocycles. The van der Waals surface area contributed by atoms with Crippen molar-refractivity contribution in [1.29, 1.82) is 0 Å². The first kappa shape index (κ1) is 24.2. The van der Waals surface area contributed by atoms with Gasteiger partial charge in [-0.05, 0) is 56.3 Å². The molecule has 1 saturated heterocycles. The molecule has 7 nitrogen and oxygen atoms in total. The molecule has 0 aromatic heterocycles. The van der Waals surface area contributed by atoms with E-state index in [1.165, 1.54) is 4.31 Å². The maximum atomic E-state index is 13.3. The van der Waals surface area contributed by atoms with E-state index in [4.69, 9.17) is 0 Å². The number of benzene rings is 2. The predicted molar refractivity (Wildman–Crippen MR) is 128 cm³/mol. The van der Waals surface area contributed by atoms with Gasteiger partial charge >= 0.3 is 0 Å². The molecule has 1 aliphatic rings. The third-order valence-electron chi connectivity index (χ3n) is 5.82. The van der Waals surface area contributed by atoms with Gasteiger partial charge in [-0.2, -0.15) is 0 Å². The summed E-state index contributed by atoms with van der Waals surface area (Å²) in [6.07, 6.45) is 1.70. The fourth-order valence-corrected chi connectivity index (χ4v) is 5.16. The summed E-state index contributed by atoms with van der Waals surface area (Å²) in [5.41, 5.74) is 1.60. The molecule has 1 aliphatic heterocycles. The molecular formula is C24H34N4O3S. The monoisotopic (exact) mass is 458 g/mol. The van der Waals surface area contributed by atoms with Gasteiger partial charge in [0.05, 0.1) is 10.6 Å². The number of hydrogen-bond acceptors (Lipinski definition) is 5. The first-order valence-electron chi connectivity index (χ1n) is 11.2. The normalized spacial score (nSPS) is 15.4. The van der Waals surface area contributed by atoms with E-state index >= 15 is 0 Å². The van der Waals surface area contributed by atoms with Crippen LogP contribution in [0, 0.1) is 0 Å². The van der Waals surface area contributed by atoms with E-state index in [-0.39, 0.29) is 17.3 Å². The van der Waals surface area contributed by atoms with Crippen molar-refractivity contribution in [3.8, 4) is 0 Å². The number of carbonyl (C=O) groups excluding carboxylic acids is 1. The summed E-state index contributed by atoms with van der Waals surface area (Å²) in [5, 5.41) is 2.90. The van der Waals surface area contributed by atoms with Gasteiger partial charge in [0, 0.05) is 32.7 Å². The molecule has 1 amide bonds.